The summed E-state index contributed by atoms with van der Waals surface area (Å²) in [6, 6.07) is 8.00. The molecule has 24 heavy (non-hydrogen) atoms. The number of fused-ring (bicyclic) bond motifs is 1. The van der Waals surface area contributed by atoms with Gasteiger partial charge in [0.25, 0.3) is 0 Å². The zero-order chi connectivity index (χ0) is 17.1. The third-order valence-corrected chi connectivity index (χ3v) is 4.44. The van der Waals surface area contributed by atoms with Crippen molar-refractivity contribution in [2.24, 2.45) is 7.05 Å². The normalized spacial score (nSPS) is 15.1. The van der Waals surface area contributed by atoms with Crippen molar-refractivity contribution >= 4 is 5.78 Å². The van der Waals surface area contributed by atoms with Gasteiger partial charge >= 0.3 is 0 Å². The van der Waals surface area contributed by atoms with Crippen LogP contribution in [-0.4, -0.2) is 35.5 Å². The average Bonchev–Trinajstić information content (AvgIpc) is 2.90. The number of Topliss-reactive ketones (excluding diaryl/α,β-unsaturated/α-hetero) is 1. The first kappa shape index (κ1) is 16.6. The lowest BCUT2D eigenvalue weighted by Crippen LogP contribution is -2.28. The summed E-state index contributed by atoms with van der Waals surface area (Å²) in [6.07, 6.45) is 2.86. The highest BCUT2D eigenvalue weighted by Gasteiger charge is 2.18. The van der Waals surface area contributed by atoms with E-state index in [1.807, 2.05) is 36.0 Å². The van der Waals surface area contributed by atoms with Crippen molar-refractivity contribution in [1.82, 2.24) is 9.47 Å². The highest BCUT2D eigenvalue weighted by atomic mass is 16.5. The van der Waals surface area contributed by atoms with Crippen molar-refractivity contribution in [3.05, 3.63) is 47.3 Å². The van der Waals surface area contributed by atoms with Gasteiger partial charge in [-0.15, -0.1) is 0 Å². The van der Waals surface area contributed by atoms with E-state index in [9.17, 15) is 4.79 Å². The van der Waals surface area contributed by atoms with Crippen molar-refractivity contribution in [3.63, 3.8) is 0 Å². The van der Waals surface area contributed by atoms with Crippen LogP contribution in [0.15, 0.2) is 30.5 Å². The highest BCUT2D eigenvalue weighted by Crippen LogP contribution is 2.33. The number of para-hydroxylation sites is 1. The maximum Gasteiger partial charge on any atom is 0.165 e. The van der Waals surface area contributed by atoms with Gasteiger partial charge in [-0.05, 0) is 25.5 Å². The minimum absolute atomic E-state index is 0.105. The zero-order valence-corrected chi connectivity index (χ0v) is 14.5. The van der Waals surface area contributed by atoms with Gasteiger partial charge in [0.05, 0.1) is 13.7 Å². The van der Waals surface area contributed by atoms with E-state index in [-0.39, 0.29) is 5.78 Å². The quantitative estimate of drug-likeness (QED) is 0.809. The van der Waals surface area contributed by atoms with Crippen LogP contribution in [0, 0.1) is 0 Å². The monoisotopic (exact) mass is 328 g/mol. The third-order valence-electron chi connectivity index (χ3n) is 4.44. The van der Waals surface area contributed by atoms with Crippen LogP contribution in [0.4, 0.5) is 0 Å². The molecule has 3 rings (SSSR count). The SMILES string of the molecule is COc1cccc2c1OCCCN(Cc1cc(C(C)=O)cn1C)C2. The summed E-state index contributed by atoms with van der Waals surface area (Å²) in [5.41, 5.74) is 3.05. The van der Waals surface area contributed by atoms with E-state index >= 15 is 0 Å². The van der Waals surface area contributed by atoms with Gasteiger partial charge in [-0.1, -0.05) is 12.1 Å². The second-order valence-corrected chi connectivity index (χ2v) is 6.25. The van der Waals surface area contributed by atoms with E-state index in [0.717, 1.165) is 54.4 Å². The Hall–Kier alpha value is -2.27. The molecule has 0 bridgehead atoms. The molecule has 0 amide bonds. The van der Waals surface area contributed by atoms with E-state index in [1.54, 1.807) is 14.0 Å². The molecular weight excluding hydrogens is 304 g/mol. The molecule has 0 N–H and O–H groups in total. The van der Waals surface area contributed by atoms with Gasteiger partial charge in [0.1, 0.15) is 0 Å². The Bertz CT molecular complexity index is 736. The Kier molecular flexibility index (Phi) is 4.90. The molecule has 1 aliphatic heterocycles. The second-order valence-electron chi connectivity index (χ2n) is 6.25. The van der Waals surface area contributed by atoms with Crippen LogP contribution < -0.4 is 9.47 Å². The summed E-state index contributed by atoms with van der Waals surface area (Å²) in [7, 11) is 3.66. The van der Waals surface area contributed by atoms with Gasteiger partial charge in [-0.2, -0.15) is 0 Å². The van der Waals surface area contributed by atoms with Crippen molar-refractivity contribution in [3.8, 4) is 11.5 Å². The molecule has 0 radical (unpaired) electrons. The fraction of sp³-hybridized carbons (Fsp3) is 0.421. The van der Waals surface area contributed by atoms with Gasteiger partial charge in [0.15, 0.2) is 17.3 Å². The van der Waals surface area contributed by atoms with Gasteiger partial charge in [-0.25, -0.2) is 0 Å². The molecule has 0 aliphatic carbocycles. The number of carbonyl (C=O) groups excluding carboxylic acids is 1. The molecule has 0 fully saturated rings. The van der Waals surface area contributed by atoms with E-state index in [4.69, 9.17) is 9.47 Å². The van der Waals surface area contributed by atoms with E-state index in [2.05, 4.69) is 11.0 Å². The number of aryl methyl sites for hydroxylation is 1. The Morgan fingerprint density at radius 1 is 1.38 bits per heavy atom. The van der Waals surface area contributed by atoms with E-state index < -0.39 is 0 Å². The zero-order valence-electron chi connectivity index (χ0n) is 14.5. The number of ketones is 1. The van der Waals surface area contributed by atoms with Gasteiger partial charge < -0.3 is 14.0 Å². The van der Waals surface area contributed by atoms with Crippen LogP contribution in [0.1, 0.15) is 35.0 Å². The Balaban J connectivity index is 1.83. The molecule has 0 unspecified atom stereocenters. The molecular formula is C19H24N2O3. The summed E-state index contributed by atoms with van der Waals surface area (Å²) in [6.45, 7) is 4.84. The summed E-state index contributed by atoms with van der Waals surface area (Å²) in [5, 5.41) is 0. The average molecular weight is 328 g/mol. The Morgan fingerprint density at radius 2 is 2.21 bits per heavy atom. The first-order chi connectivity index (χ1) is 11.6. The van der Waals surface area contributed by atoms with Crippen molar-refractivity contribution < 1.29 is 14.3 Å². The van der Waals surface area contributed by atoms with Gasteiger partial charge in [0.2, 0.25) is 0 Å². The summed E-state index contributed by atoms with van der Waals surface area (Å²) in [4.78, 5) is 14.0. The molecule has 2 heterocycles. The smallest absolute Gasteiger partial charge is 0.165 e. The number of rotatable bonds is 4. The predicted molar refractivity (Wildman–Crippen MR) is 92.6 cm³/mol. The fourth-order valence-electron chi connectivity index (χ4n) is 3.12. The number of carbonyl (C=O) groups is 1. The number of benzene rings is 1. The molecule has 5 nitrogen and oxygen atoms in total. The van der Waals surface area contributed by atoms with Crippen LogP contribution >= 0.6 is 0 Å². The van der Waals surface area contributed by atoms with Crippen LogP contribution in [0.2, 0.25) is 0 Å². The van der Waals surface area contributed by atoms with E-state index in [1.165, 1.54) is 0 Å². The topological polar surface area (TPSA) is 43.7 Å². The Labute approximate surface area is 142 Å². The van der Waals surface area contributed by atoms with Crippen LogP contribution in [0.25, 0.3) is 0 Å². The number of nitrogens with zero attached hydrogens (tertiary/aromatic N) is 2. The largest absolute Gasteiger partial charge is 0.493 e. The second kappa shape index (κ2) is 7.09. The van der Waals surface area contributed by atoms with Crippen molar-refractivity contribution in [2.75, 3.05) is 20.3 Å². The minimum atomic E-state index is 0.105. The third kappa shape index (κ3) is 3.46. The van der Waals surface area contributed by atoms with Crippen LogP contribution in [0.3, 0.4) is 0 Å². The van der Waals surface area contributed by atoms with Crippen molar-refractivity contribution in [2.45, 2.75) is 26.4 Å². The molecule has 1 aromatic heterocycles. The summed E-state index contributed by atoms with van der Waals surface area (Å²) >= 11 is 0. The number of ether oxygens (including phenoxy) is 2. The number of aromatic nitrogens is 1. The first-order valence-electron chi connectivity index (χ1n) is 8.25. The lowest BCUT2D eigenvalue weighted by atomic mass is 10.1. The number of methoxy groups -OCH3 is 1. The fourth-order valence-corrected chi connectivity index (χ4v) is 3.12. The standard InChI is InChI=1S/C19H24N2O3/c1-14(22)16-10-17(20(2)11-16)13-21-8-5-9-24-19-15(12-21)6-4-7-18(19)23-3/h4,6-7,10-11H,5,8-9,12-13H2,1-3H3. The molecule has 128 valence electrons. The number of hydrogen-bond acceptors (Lipinski definition) is 4. The van der Waals surface area contributed by atoms with Crippen LogP contribution in [-0.2, 0) is 20.1 Å². The lowest BCUT2D eigenvalue weighted by Gasteiger charge is -2.27. The molecule has 1 aliphatic rings. The molecule has 5 heteroatoms. The molecule has 0 spiro atoms. The Morgan fingerprint density at radius 3 is 2.92 bits per heavy atom. The van der Waals surface area contributed by atoms with Crippen molar-refractivity contribution in [1.29, 1.82) is 0 Å². The maximum atomic E-state index is 11.6. The predicted octanol–water partition coefficient (Wildman–Crippen LogP) is 3.02. The summed E-state index contributed by atoms with van der Waals surface area (Å²) in [5.74, 6) is 1.74. The molecule has 2 aromatic rings. The summed E-state index contributed by atoms with van der Waals surface area (Å²) < 4.78 is 13.4. The minimum Gasteiger partial charge on any atom is -0.493 e. The molecule has 0 atom stereocenters. The molecule has 0 saturated heterocycles. The van der Waals surface area contributed by atoms with Gasteiger partial charge in [0, 0.05) is 49.7 Å². The molecule has 1 aromatic carbocycles. The van der Waals surface area contributed by atoms with Crippen LogP contribution in [0.5, 0.6) is 11.5 Å². The van der Waals surface area contributed by atoms with Gasteiger partial charge in [-0.3, -0.25) is 9.69 Å². The van der Waals surface area contributed by atoms with E-state index in [0.29, 0.717) is 6.61 Å². The maximum absolute atomic E-state index is 11.6. The first-order valence-corrected chi connectivity index (χ1v) is 8.25. The lowest BCUT2D eigenvalue weighted by molar-refractivity contribution is 0.101. The highest BCUT2D eigenvalue weighted by molar-refractivity contribution is 5.94. The molecule has 0 saturated carbocycles. The number of hydrogen-bond donors (Lipinski definition) is 0.